The third kappa shape index (κ3) is 3.72. The van der Waals surface area contributed by atoms with Crippen LogP contribution in [0.15, 0.2) is 11.0 Å². The van der Waals surface area contributed by atoms with Gasteiger partial charge in [-0.3, -0.25) is 0 Å². The van der Waals surface area contributed by atoms with Gasteiger partial charge in [-0.1, -0.05) is 6.92 Å². The molecule has 1 aromatic rings. The number of benzene rings is 1. The van der Waals surface area contributed by atoms with E-state index in [1.54, 1.807) is 13.8 Å². The molecule has 0 atom stereocenters. The summed E-state index contributed by atoms with van der Waals surface area (Å²) in [5, 5.41) is 0. The molecule has 7 heteroatoms. The van der Waals surface area contributed by atoms with Crippen LogP contribution in [0.4, 0.5) is 10.1 Å². The number of nitrogens with zero attached hydrogens (tertiary/aromatic N) is 1. The van der Waals surface area contributed by atoms with Crippen LogP contribution in [0.2, 0.25) is 0 Å². The molecule has 120 valence electrons. The second kappa shape index (κ2) is 7.20. The number of sulfonamides is 1. The number of aryl methyl sites for hydroxylation is 1. The number of halogens is 1. The molecule has 2 N–H and O–H groups in total. The summed E-state index contributed by atoms with van der Waals surface area (Å²) in [7, 11) is -3.73. The number of hydrogen-bond acceptors (Lipinski definition) is 4. The van der Waals surface area contributed by atoms with Gasteiger partial charge < -0.3 is 10.5 Å². The van der Waals surface area contributed by atoms with E-state index in [0.29, 0.717) is 25.3 Å². The van der Waals surface area contributed by atoms with Gasteiger partial charge in [0.15, 0.2) is 0 Å². The largest absolute Gasteiger partial charge is 0.396 e. The fraction of sp³-hybridized carbons (Fsp3) is 0.571. The van der Waals surface area contributed by atoms with Gasteiger partial charge in [-0.2, -0.15) is 4.31 Å². The van der Waals surface area contributed by atoms with Crippen LogP contribution in [0, 0.1) is 19.7 Å². The van der Waals surface area contributed by atoms with Crippen molar-refractivity contribution >= 4 is 15.7 Å². The van der Waals surface area contributed by atoms with Crippen molar-refractivity contribution in [2.75, 3.05) is 32.0 Å². The molecule has 0 heterocycles. The third-order valence-electron chi connectivity index (χ3n) is 3.34. The molecule has 0 aliphatic rings. The first kappa shape index (κ1) is 17.9. The molecular weight excluding hydrogens is 295 g/mol. The van der Waals surface area contributed by atoms with Gasteiger partial charge in [0.05, 0.1) is 17.2 Å². The Labute approximate surface area is 125 Å². The van der Waals surface area contributed by atoms with Crippen LogP contribution in [-0.2, 0) is 14.8 Å². The van der Waals surface area contributed by atoms with Crippen LogP contribution >= 0.6 is 0 Å². The van der Waals surface area contributed by atoms with Crippen molar-refractivity contribution in [2.45, 2.75) is 32.6 Å². The zero-order valence-corrected chi connectivity index (χ0v) is 13.8. The summed E-state index contributed by atoms with van der Waals surface area (Å²) >= 11 is 0. The number of rotatable bonds is 7. The van der Waals surface area contributed by atoms with Gasteiger partial charge in [-0.25, -0.2) is 12.8 Å². The first-order valence-corrected chi connectivity index (χ1v) is 8.34. The number of ether oxygens (including phenoxy) is 1. The Balaban J connectivity index is 3.26. The average molecular weight is 318 g/mol. The van der Waals surface area contributed by atoms with E-state index in [1.165, 1.54) is 11.2 Å². The molecule has 0 aromatic heterocycles. The molecule has 21 heavy (non-hydrogen) atoms. The molecule has 5 nitrogen and oxygen atoms in total. The smallest absolute Gasteiger partial charge is 0.243 e. The predicted octanol–water partition coefficient (Wildman–Crippen LogP) is 2.07. The minimum absolute atomic E-state index is 0.0831. The van der Waals surface area contributed by atoms with Gasteiger partial charge in [-0.05, 0) is 38.0 Å². The highest BCUT2D eigenvalue weighted by Crippen LogP contribution is 2.29. The summed E-state index contributed by atoms with van der Waals surface area (Å²) in [5.41, 5.74) is 6.11. The quantitative estimate of drug-likeness (QED) is 0.617. The lowest BCUT2D eigenvalue weighted by molar-refractivity contribution is 0.135. The number of nitrogen functional groups attached to an aromatic ring is 1. The lowest BCUT2D eigenvalue weighted by atomic mass is 10.1. The van der Waals surface area contributed by atoms with Gasteiger partial charge in [0, 0.05) is 19.7 Å². The van der Waals surface area contributed by atoms with E-state index in [-0.39, 0.29) is 22.7 Å². The zero-order valence-electron chi connectivity index (χ0n) is 12.9. The van der Waals surface area contributed by atoms with Crippen LogP contribution in [0.1, 0.15) is 25.0 Å². The normalized spacial score (nSPS) is 12.1. The van der Waals surface area contributed by atoms with Crippen molar-refractivity contribution in [3.63, 3.8) is 0 Å². The van der Waals surface area contributed by atoms with Gasteiger partial charge in [0.1, 0.15) is 5.82 Å². The maximum Gasteiger partial charge on any atom is 0.243 e. The molecule has 0 unspecified atom stereocenters. The minimum Gasteiger partial charge on any atom is -0.396 e. The predicted molar refractivity (Wildman–Crippen MR) is 81.2 cm³/mol. The molecule has 0 bridgehead atoms. The Kier molecular flexibility index (Phi) is 6.12. The standard InChI is InChI=1S/C14H23FN2O3S/c1-5-17(7-8-20-6-2)21(18,19)14-10(3)9-12(15)13(16)11(14)4/h9H,5-8,16H2,1-4H3. The van der Waals surface area contributed by atoms with Crippen LogP contribution < -0.4 is 5.73 Å². The van der Waals surface area contributed by atoms with Gasteiger partial charge in [-0.15, -0.1) is 0 Å². The Morgan fingerprint density at radius 3 is 2.48 bits per heavy atom. The molecule has 0 aliphatic heterocycles. The second-order valence-electron chi connectivity index (χ2n) is 4.74. The number of anilines is 1. The van der Waals surface area contributed by atoms with E-state index in [9.17, 15) is 12.8 Å². The van der Waals surface area contributed by atoms with Crippen molar-refractivity contribution in [1.82, 2.24) is 4.31 Å². The lowest BCUT2D eigenvalue weighted by Crippen LogP contribution is -2.35. The number of likely N-dealkylation sites (N-methyl/N-ethyl adjacent to an activating group) is 1. The first-order valence-electron chi connectivity index (χ1n) is 6.90. The summed E-state index contributed by atoms with van der Waals surface area (Å²) in [6.07, 6.45) is 0. The van der Waals surface area contributed by atoms with Gasteiger partial charge >= 0.3 is 0 Å². The van der Waals surface area contributed by atoms with E-state index >= 15 is 0 Å². The summed E-state index contributed by atoms with van der Waals surface area (Å²) in [4.78, 5) is 0.0831. The Bertz CT molecular complexity index is 603. The van der Waals surface area contributed by atoms with Crippen molar-refractivity contribution in [1.29, 1.82) is 0 Å². The number of nitrogens with two attached hydrogens (primary N) is 1. The fourth-order valence-corrected chi connectivity index (χ4v) is 4.09. The summed E-state index contributed by atoms with van der Waals surface area (Å²) < 4.78 is 45.6. The fourth-order valence-electron chi connectivity index (χ4n) is 2.22. The number of hydrogen-bond donors (Lipinski definition) is 1. The Morgan fingerprint density at radius 2 is 1.95 bits per heavy atom. The average Bonchev–Trinajstić information content (AvgIpc) is 2.40. The maximum absolute atomic E-state index is 13.6. The topological polar surface area (TPSA) is 72.6 Å². The van der Waals surface area contributed by atoms with Crippen LogP contribution in [-0.4, -0.2) is 39.0 Å². The van der Waals surface area contributed by atoms with Crippen LogP contribution in [0.3, 0.4) is 0 Å². The molecule has 0 amide bonds. The van der Waals surface area contributed by atoms with Crippen molar-refractivity contribution < 1.29 is 17.5 Å². The van der Waals surface area contributed by atoms with Crippen LogP contribution in [0.5, 0.6) is 0 Å². The van der Waals surface area contributed by atoms with E-state index in [2.05, 4.69) is 0 Å². The molecule has 0 spiro atoms. The second-order valence-corrected chi connectivity index (χ2v) is 6.61. The highest BCUT2D eigenvalue weighted by Gasteiger charge is 2.28. The lowest BCUT2D eigenvalue weighted by Gasteiger charge is -2.23. The van der Waals surface area contributed by atoms with E-state index in [0.717, 1.165) is 6.07 Å². The van der Waals surface area contributed by atoms with Crippen molar-refractivity contribution in [3.05, 3.63) is 23.0 Å². The third-order valence-corrected chi connectivity index (χ3v) is 5.61. The van der Waals surface area contributed by atoms with E-state index in [4.69, 9.17) is 10.5 Å². The van der Waals surface area contributed by atoms with Crippen LogP contribution in [0.25, 0.3) is 0 Å². The maximum atomic E-state index is 13.6. The van der Waals surface area contributed by atoms with Crippen molar-refractivity contribution in [2.24, 2.45) is 0 Å². The highest BCUT2D eigenvalue weighted by molar-refractivity contribution is 7.89. The molecular formula is C14H23FN2O3S. The Hall–Kier alpha value is -1.18. The molecule has 1 rings (SSSR count). The van der Waals surface area contributed by atoms with E-state index < -0.39 is 15.8 Å². The minimum atomic E-state index is -3.73. The summed E-state index contributed by atoms with van der Waals surface area (Å²) in [6, 6.07) is 1.16. The molecule has 0 aliphatic carbocycles. The monoisotopic (exact) mass is 318 g/mol. The SMILES string of the molecule is CCOCCN(CC)S(=O)(=O)c1c(C)cc(F)c(N)c1C. The molecule has 0 saturated heterocycles. The molecule has 1 aromatic carbocycles. The van der Waals surface area contributed by atoms with Gasteiger partial charge in [0.2, 0.25) is 10.0 Å². The summed E-state index contributed by atoms with van der Waals surface area (Å²) in [6.45, 7) is 8.10. The van der Waals surface area contributed by atoms with Crippen molar-refractivity contribution in [3.8, 4) is 0 Å². The molecule has 0 fully saturated rings. The first-order chi connectivity index (χ1) is 9.77. The van der Waals surface area contributed by atoms with E-state index in [1.807, 2.05) is 6.92 Å². The Morgan fingerprint density at radius 1 is 1.33 bits per heavy atom. The zero-order chi connectivity index (χ0) is 16.2. The highest BCUT2D eigenvalue weighted by atomic mass is 32.2. The molecule has 0 radical (unpaired) electrons. The molecule has 0 saturated carbocycles. The van der Waals surface area contributed by atoms with Gasteiger partial charge in [0.25, 0.3) is 0 Å². The summed E-state index contributed by atoms with van der Waals surface area (Å²) in [5.74, 6) is -0.596.